The molecular weight excluding hydrogens is 320 g/mol. The SMILES string of the molecule is COc1ccc(OC)c(/C=N/OC(C)C(=O)N(C)c2ccccc2)c1. The number of carbonyl (C=O) groups excluding carboxylic acids is 1. The summed E-state index contributed by atoms with van der Waals surface area (Å²) in [5, 5.41) is 3.91. The molecule has 0 aliphatic heterocycles. The monoisotopic (exact) mass is 342 g/mol. The van der Waals surface area contributed by atoms with Crippen LogP contribution in [-0.2, 0) is 9.63 Å². The molecule has 0 aliphatic rings. The van der Waals surface area contributed by atoms with Crippen LogP contribution in [-0.4, -0.2) is 39.5 Å². The maximum atomic E-state index is 12.4. The van der Waals surface area contributed by atoms with Crippen molar-refractivity contribution in [3.8, 4) is 11.5 Å². The van der Waals surface area contributed by atoms with E-state index < -0.39 is 6.10 Å². The molecular formula is C19H22N2O4. The molecule has 2 rings (SSSR count). The van der Waals surface area contributed by atoms with Gasteiger partial charge >= 0.3 is 0 Å². The Kier molecular flexibility index (Phi) is 6.39. The summed E-state index contributed by atoms with van der Waals surface area (Å²) in [6.07, 6.45) is 0.770. The second kappa shape index (κ2) is 8.73. The highest BCUT2D eigenvalue weighted by Gasteiger charge is 2.20. The third kappa shape index (κ3) is 4.73. The molecule has 0 saturated heterocycles. The van der Waals surface area contributed by atoms with Gasteiger partial charge in [0.1, 0.15) is 11.5 Å². The van der Waals surface area contributed by atoms with Gasteiger partial charge in [-0.2, -0.15) is 0 Å². The molecule has 0 bridgehead atoms. The van der Waals surface area contributed by atoms with E-state index in [1.54, 1.807) is 46.4 Å². The highest BCUT2D eigenvalue weighted by Crippen LogP contribution is 2.22. The standard InChI is InChI=1S/C19H22N2O4/c1-14(19(22)21(2)16-8-6-5-7-9-16)25-20-13-15-12-17(23-3)10-11-18(15)24-4/h5-14H,1-4H3/b20-13+. The summed E-state index contributed by atoms with van der Waals surface area (Å²) in [4.78, 5) is 19.2. The van der Waals surface area contributed by atoms with Gasteiger partial charge in [0.2, 0.25) is 6.10 Å². The number of hydrogen-bond donors (Lipinski definition) is 0. The van der Waals surface area contributed by atoms with Gasteiger partial charge < -0.3 is 19.2 Å². The van der Waals surface area contributed by atoms with Crippen molar-refractivity contribution in [1.82, 2.24) is 0 Å². The Bertz CT molecular complexity index is 731. The van der Waals surface area contributed by atoms with E-state index >= 15 is 0 Å². The third-order valence-electron chi connectivity index (χ3n) is 3.67. The van der Waals surface area contributed by atoms with E-state index in [1.165, 1.54) is 11.1 Å². The fourth-order valence-electron chi connectivity index (χ4n) is 2.22. The summed E-state index contributed by atoms with van der Waals surface area (Å²) in [5.74, 6) is 1.12. The zero-order valence-corrected chi connectivity index (χ0v) is 14.8. The first-order chi connectivity index (χ1) is 12.1. The second-order valence-corrected chi connectivity index (χ2v) is 5.32. The lowest BCUT2D eigenvalue weighted by Crippen LogP contribution is -2.35. The zero-order chi connectivity index (χ0) is 18.2. The van der Waals surface area contributed by atoms with Crippen molar-refractivity contribution in [3.63, 3.8) is 0 Å². The number of para-hydroxylation sites is 1. The van der Waals surface area contributed by atoms with Crippen LogP contribution in [0.15, 0.2) is 53.7 Å². The summed E-state index contributed by atoms with van der Waals surface area (Å²) in [6.45, 7) is 1.65. The summed E-state index contributed by atoms with van der Waals surface area (Å²) in [7, 11) is 4.85. The minimum atomic E-state index is -0.724. The maximum Gasteiger partial charge on any atom is 0.270 e. The molecule has 0 radical (unpaired) electrons. The maximum absolute atomic E-state index is 12.4. The minimum absolute atomic E-state index is 0.194. The van der Waals surface area contributed by atoms with Gasteiger partial charge in [0.05, 0.1) is 20.4 Å². The van der Waals surface area contributed by atoms with Gasteiger partial charge in [0.15, 0.2) is 0 Å². The fourth-order valence-corrected chi connectivity index (χ4v) is 2.22. The van der Waals surface area contributed by atoms with Gasteiger partial charge in [0.25, 0.3) is 5.91 Å². The third-order valence-corrected chi connectivity index (χ3v) is 3.67. The van der Waals surface area contributed by atoms with Crippen LogP contribution >= 0.6 is 0 Å². The van der Waals surface area contributed by atoms with Gasteiger partial charge in [-0.25, -0.2) is 0 Å². The summed E-state index contributed by atoms with van der Waals surface area (Å²) < 4.78 is 10.4. The van der Waals surface area contributed by atoms with Crippen LogP contribution in [0, 0.1) is 0 Å². The number of amides is 1. The van der Waals surface area contributed by atoms with Crippen molar-refractivity contribution in [1.29, 1.82) is 0 Å². The minimum Gasteiger partial charge on any atom is -0.497 e. The number of oxime groups is 1. The van der Waals surface area contributed by atoms with Crippen LogP contribution in [0.25, 0.3) is 0 Å². The first-order valence-corrected chi connectivity index (χ1v) is 7.80. The average molecular weight is 342 g/mol. The summed E-state index contributed by atoms with van der Waals surface area (Å²) in [6, 6.07) is 14.7. The molecule has 1 unspecified atom stereocenters. The molecule has 1 amide bonds. The molecule has 0 aliphatic carbocycles. The predicted octanol–water partition coefficient (Wildman–Crippen LogP) is 3.11. The Morgan fingerprint density at radius 2 is 1.84 bits per heavy atom. The molecule has 25 heavy (non-hydrogen) atoms. The van der Waals surface area contributed by atoms with Crippen LogP contribution in [0.5, 0.6) is 11.5 Å². The van der Waals surface area contributed by atoms with Gasteiger partial charge in [-0.15, -0.1) is 0 Å². The Morgan fingerprint density at radius 1 is 1.12 bits per heavy atom. The molecule has 2 aromatic rings. The molecule has 6 nitrogen and oxygen atoms in total. The van der Waals surface area contributed by atoms with E-state index in [4.69, 9.17) is 14.3 Å². The van der Waals surface area contributed by atoms with E-state index in [-0.39, 0.29) is 5.91 Å². The van der Waals surface area contributed by atoms with Crippen molar-refractivity contribution < 1.29 is 19.1 Å². The smallest absolute Gasteiger partial charge is 0.270 e. The molecule has 132 valence electrons. The number of likely N-dealkylation sites (N-methyl/N-ethyl adjacent to an activating group) is 1. The van der Waals surface area contributed by atoms with Crippen molar-refractivity contribution in [2.45, 2.75) is 13.0 Å². The molecule has 0 heterocycles. The van der Waals surface area contributed by atoms with Gasteiger partial charge in [-0.05, 0) is 37.3 Å². The van der Waals surface area contributed by atoms with E-state index in [9.17, 15) is 4.79 Å². The fraction of sp³-hybridized carbons (Fsp3) is 0.263. The molecule has 0 spiro atoms. The van der Waals surface area contributed by atoms with Crippen molar-refractivity contribution in [3.05, 3.63) is 54.1 Å². The largest absolute Gasteiger partial charge is 0.497 e. The first-order valence-electron chi connectivity index (χ1n) is 7.80. The summed E-state index contributed by atoms with van der Waals surface area (Å²) >= 11 is 0. The predicted molar refractivity (Wildman–Crippen MR) is 97.5 cm³/mol. The molecule has 1 atom stereocenters. The number of methoxy groups -OCH3 is 2. The van der Waals surface area contributed by atoms with E-state index in [0.717, 1.165) is 5.69 Å². The number of carbonyl (C=O) groups is 1. The van der Waals surface area contributed by atoms with Gasteiger partial charge in [-0.1, -0.05) is 23.4 Å². The van der Waals surface area contributed by atoms with Crippen LogP contribution in [0.4, 0.5) is 5.69 Å². The van der Waals surface area contributed by atoms with Gasteiger partial charge in [0, 0.05) is 18.3 Å². The van der Waals surface area contributed by atoms with Crippen LogP contribution in [0.1, 0.15) is 12.5 Å². The number of benzene rings is 2. The zero-order valence-electron chi connectivity index (χ0n) is 14.8. The Morgan fingerprint density at radius 3 is 2.48 bits per heavy atom. The number of ether oxygens (including phenoxy) is 2. The van der Waals surface area contributed by atoms with Crippen molar-refractivity contribution >= 4 is 17.8 Å². The van der Waals surface area contributed by atoms with Crippen LogP contribution in [0.2, 0.25) is 0 Å². The highest BCUT2D eigenvalue weighted by atomic mass is 16.6. The van der Waals surface area contributed by atoms with Crippen molar-refractivity contribution in [2.24, 2.45) is 5.16 Å². The quantitative estimate of drug-likeness (QED) is 0.573. The lowest BCUT2D eigenvalue weighted by Gasteiger charge is -2.20. The topological polar surface area (TPSA) is 60.4 Å². The molecule has 0 N–H and O–H groups in total. The van der Waals surface area contributed by atoms with Crippen LogP contribution < -0.4 is 14.4 Å². The molecule has 0 saturated carbocycles. The lowest BCUT2D eigenvalue weighted by molar-refractivity contribution is -0.128. The van der Waals surface area contributed by atoms with E-state index in [1.807, 2.05) is 30.3 Å². The van der Waals surface area contributed by atoms with Crippen LogP contribution in [0.3, 0.4) is 0 Å². The number of hydrogen-bond acceptors (Lipinski definition) is 5. The number of rotatable bonds is 7. The van der Waals surface area contributed by atoms with Crippen molar-refractivity contribution in [2.75, 3.05) is 26.2 Å². The lowest BCUT2D eigenvalue weighted by atomic mass is 10.2. The molecule has 0 aromatic heterocycles. The normalized spacial score (nSPS) is 11.8. The average Bonchev–Trinajstić information content (AvgIpc) is 2.67. The van der Waals surface area contributed by atoms with E-state index in [0.29, 0.717) is 17.1 Å². The number of anilines is 1. The molecule has 6 heteroatoms. The second-order valence-electron chi connectivity index (χ2n) is 5.32. The highest BCUT2D eigenvalue weighted by molar-refractivity contribution is 5.95. The Labute approximate surface area is 147 Å². The summed E-state index contributed by atoms with van der Waals surface area (Å²) in [5.41, 5.74) is 1.49. The first kappa shape index (κ1) is 18.3. The Hall–Kier alpha value is -3.02. The number of nitrogens with zero attached hydrogens (tertiary/aromatic N) is 2. The molecule has 0 fully saturated rings. The van der Waals surface area contributed by atoms with Gasteiger partial charge in [-0.3, -0.25) is 4.79 Å². The molecule has 2 aromatic carbocycles. The Balaban J connectivity index is 2.03. The van der Waals surface area contributed by atoms with E-state index in [2.05, 4.69) is 5.16 Å².